The first kappa shape index (κ1) is 14.4. The van der Waals surface area contributed by atoms with Crippen molar-refractivity contribution in [3.63, 3.8) is 0 Å². The molecule has 18 heavy (non-hydrogen) atoms. The molecule has 7 nitrogen and oxygen atoms in total. The second-order valence-electron chi connectivity index (χ2n) is 3.33. The van der Waals surface area contributed by atoms with Crippen molar-refractivity contribution < 1.29 is 22.9 Å². The predicted octanol–water partition coefficient (Wildman–Crippen LogP) is 1.44. The van der Waals surface area contributed by atoms with Crippen LogP contribution in [-0.4, -0.2) is 32.7 Å². The Kier molecular flexibility index (Phi) is 3.92. The number of rotatable bonds is 3. The van der Waals surface area contributed by atoms with Gasteiger partial charge in [0.2, 0.25) is 0 Å². The molecule has 0 bridgehead atoms. The number of carbonyl (C=O) groups is 1. The fourth-order valence-corrected chi connectivity index (χ4v) is 2.59. The summed E-state index contributed by atoms with van der Waals surface area (Å²) in [5, 5.41) is 10.2. The van der Waals surface area contributed by atoms with E-state index in [9.17, 15) is 23.3 Å². The summed E-state index contributed by atoms with van der Waals surface area (Å²) in [4.78, 5) is 20.7. The van der Waals surface area contributed by atoms with Crippen molar-refractivity contribution in [3.8, 4) is 0 Å². The van der Waals surface area contributed by atoms with Crippen LogP contribution in [0.1, 0.15) is 10.4 Å². The molecule has 0 aliphatic carbocycles. The SMILES string of the molecule is COC(=O)c1cc([N+](=O)[O-])c(Cl)c(S(C)(=O)=O)c1. The molecule has 98 valence electrons. The molecular weight excluding hydrogens is 286 g/mol. The molecule has 0 N–H and O–H groups in total. The third kappa shape index (κ3) is 2.77. The van der Waals surface area contributed by atoms with Crippen LogP contribution < -0.4 is 0 Å². The van der Waals surface area contributed by atoms with Gasteiger partial charge in [-0.25, -0.2) is 13.2 Å². The molecule has 0 amide bonds. The molecule has 0 unspecified atom stereocenters. The Morgan fingerprint density at radius 3 is 2.39 bits per heavy atom. The Bertz CT molecular complexity index is 624. The molecule has 0 aliphatic rings. The number of ether oxygens (including phenoxy) is 1. The van der Waals surface area contributed by atoms with Gasteiger partial charge in [0.15, 0.2) is 9.84 Å². The van der Waals surface area contributed by atoms with Gasteiger partial charge < -0.3 is 4.74 Å². The number of esters is 1. The fraction of sp³-hybridized carbons (Fsp3) is 0.222. The number of sulfone groups is 1. The molecule has 0 heterocycles. The topological polar surface area (TPSA) is 104 Å². The minimum absolute atomic E-state index is 0.256. The summed E-state index contributed by atoms with van der Waals surface area (Å²) in [7, 11) is -2.73. The van der Waals surface area contributed by atoms with Crippen molar-refractivity contribution in [1.29, 1.82) is 0 Å². The monoisotopic (exact) mass is 293 g/mol. The quantitative estimate of drug-likeness (QED) is 0.474. The summed E-state index contributed by atoms with van der Waals surface area (Å²) in [6.07, 6.45) is 0.832. The van der Waals surface area contributed by atoms with E-state index < -0.39 is 36.3 Å². The summed E-state index contributed by atoms with van der Waals surface area (Å²) < 4.78 is 27.2. The Hall–Kier alpha value is -1.67. The summed E-state index contributed by atoms with van der Waals surface area (Å²) in [6.45, 7) is 0. The lowest BCUT2D eigenvalue weighted by Gasteiger charge is -2.05. The highest BCUT2D eigenvalue weighted by atomic mass is 35.5. The van der Waals surface area contributed by atoms with Crippen molar-refractivity contribution in [2.24, 2.45) is 0 Å². The molecule has 1 aromatic carbocycles. The molecule has 0 spiro atoms. The molecule has 0 aromatic heterocycles. The standard InChI is InChI=1S/C9H8ClNO6S/c1-17-9(12)5-3-6(11(13)14)8(10)7(4-5)18(2,15)16/h3-4H,1-2H3. The molecule has 9 heteroatoms. The average Bonchev–Trinajstić information content (AvgIpc) is 2.26. The zero-order chi connectivity index (χ0) is 14.1. The number of benzene rings is 1. The number of methoxy groups -OCH3 is 1. The minimum Gasteiger partial charge on any atom is -0.465 e. The first-order chi connectivity index (χ1) is 8.18. The van der Waals surface area contributed by atoms with E-state index in [1.807, 2.05) is 0 Å². The van der Waals surface area contributed by atoms with Crippen LogP contribution in [0.4, 0.5) is 5.69 Å². The van der Waals surface area contributed by atoms with Crippen LogP contribution >= 0.6 is 11.6 Å². The van der Waals surface area contributed by atoms with Crippen LogP contribution in [0, 0.1) is 10.1 Å². The zero-order valence-corrected chi connectivity index (χ0v) is 10.9. The second-order valence-corrected chi connectivity index (χ2v) is 5.69. The van der Waals surface area contributed by atoms with E-state index in [4.69, 9.17) is 11.6 Å². The smallest absolute Gasteiger partial charge is 0.338 e. The maximum atomic E-state index is 11.4. The maximum Gasteiger partial charge on any atom is 0.338 e. The Labute approximate surface area is 107 Å². The van der Waals surface area contributed by atoms with Crippen molar-refractivity contribution in [3.05, 3.63) is 32.8 Å². The molecule has 0 fully saturated rings. The zero-order valence-electron chi connectivity index (χ0n) is 9.34. The van der Waals surface area contributed by atoms with Gasteiger partial charge in [0.05, 0.1) is 22.5 Å². The maximum absolute atomic E-state index is 11.4. The van der Waals surface area contributed by atoms with Crippen LogP contribution in [0.2, 0.25) is 5.02 Å². The van der Waals surface area contributed by atoms with Crippen molar-refractivity contribution >= 4 is 33.1 Å². The first-order valence-corrected chi connectivity index (χ1v) is 6.71. The minimum atomic E-state index is -3.80. The molecule has 0 saturated carbocycles. The van der Waals surface area contributed by atoms with Gasteiger partial charge in [-0.1, -0.05) is 11.6 Å². The van der Waals surface area contributed by atoms with E-state index in [1.54, 1.807) is 0 Å². The molecular formula is C9H8ClNO6S. The highest BCUT2D eigenvalue weighted by Crippen LogP contribution is 2.32. The Morgan fingerprint density at radius 1 is 1.44 bits per heavy atom. The molecule has 0 aliphatic heterocycles. The van der Waals surface area contributed by atoms with Crippen LogP contribution in [0.3, 0.4) is 0 Å². The predicted molar refractivity (Wildman–Crippen MR) is 62.6 cm³/mol. The molecule has 0 atom stereocenters. The second kappa shape index (κ2) is 4.91. The largest absolute Gasteiger partial charge is 0.465 e. The van der Waals surface area contributed by atoms with Crippen molar-refractivity contribution in [2.75, 3.05) is 13.4 Å². The van der Waals surface area contributed by atoms with Gasteiger partial charge in [-0.05, 0) is 6.07 Å². The highest BCUT2D eigenvalue weighted by molar-refractivity contribution is 7.90. The molecule has 1 rings (SSSR count). The van der Waals surface area contributed by atoms with Gasteiger partial charge in [0.25, 0.3) is 5.69 Å². The van der Waals surface area contributed by atoms with Crippen LogP contribution in [0.25, 0.3) is 0 Å². The molecule has 0 radical (unpaired) electrons. The van der Waals surface area contributed by atoms with Crippen LogP contribution in [0.15, 0.2) is 17.0 Å². The van der Waals surface area contributed by atoms with E-state index >= 15 is 0 Å². The summed E-state index contributed by atoms with van der Waals surface area (Å²) >= 11 is 5.64. The van der Waals surface area contributed by atoms with Crippen LogP contribution in [-0.2, 0) is 14.6 Å². The van der Waals surface area contributed by atoms with Crippen molar-refractivity contribution in [1.82, 2.24) is 0 Å². The summed E-state index contributed by atoms with van der Waals surface area (Å²) in [5.74, 6) is -0.889. The number of hydrogen-bond donors (Lipinski definition) is 0. The Morgan fingerprint density at radius 2 is 2.00 bits per heavy atom. The van der Waals surface area contributed by atoms with Crippen LogP contribution in [0.5, 0.6) is 0 Å². The van der Waals surface area contributed by atoms with Gasteiger partial charge in [0, 0.05) is 12.3 Å². The Balaban J connectivity index is 3.68. The number of halogens is 1. The van der Waals surface area contributed by atoms with E-state index in [2.05, 4.69) is 4.74 Å². The van der Waals surface area contributed by atoms with Gasteiger partial charge in [0.1, 0.15) is 5.02 Å². The average molecular weight is 294 g/mol. The summed E-state index contributed by atoms with van der Waals surface area (Å²) in [6, 6.07) is 1.80. The number of hydrogen-bond acceptors (Lipinski definition) is 6. The lowest BCUT2D eigenvalue weighted by Crippen LogP contribution is -2.07. The number of nitrogens with zero attached hydrogens (tertiary/aromatic N) is 1. The fourth-order valence-electron chi connectivity index (χ4n) is 1.22. The van der Waals surface area contributed by atoms with E-state index in [0.29, 0.717) is 0 Å². The summed E-state index contributed by atoms with van der Waals surface area (Å²) in [5.41, 5.74) is -0.922. The lowest BCUT2D eigenvalue weighted by molar-refractivity contribution is -0.384. The molecule has 1 aromatic rings. The number of nitro groups is 1. The lowest BCUT2D eigenvalue weighted by atomic mass is 10.2. The van der Waals surface area contributed by atoms with Gasteiger partial charge in [-0.15, -0.1) is 0 Å². The first-order valence-electron chi connectivity index (χ1n) is 4.44. The van der Waals surface area contributed by atoms with Gasteiger partial charge in [-0.2, -0.15) is 0 Å². The molecule has 0 saturated heterocycles. The normalized spacial score (nSPS) is 11.1. The number of nitro benzene ring substituents is 1. The van der Waals surface area contributed by atoms with E-state index in [0.717, 1.165) is 25.5 Å². The third-order valence-corrected chi connectivity index (χ3v) is 3.67. The van der Waals surface area contributed by atoms with Gasteiger partial charge >= 0.3 is 5.97 Å². The number of carbonyl (C=O) groups excluding carboxylic acids is 1. The van der Waals surface area contributed by atoms with Gasteiger partial charge in [-0.3, -0.25) is 10.1 Å². The highest BCUT2D eigenvalue weighted by Gasteiger charge is 2.25. The van der Waals surface area contributed by atoms with E-state index in [1.165, 1.54) is 0 Å². The van der Waals surface area contributed by atoms with E-state index in [-0.39, 0.29) is 5.56 Å². The van der Waals surface area contributed by atoms with Crippen molar-refractivity contribution in [2.45, 2.75) is 4.90 Å². The third-order valence-electron chi connectivity index (χ3n) is 2.04.